The largest absolute Gasteiger partial charge is 0.466 e. The average molecular weight is 598 g/mol. The Labute approximate surface area is 231 Å². The van der Waals surface area contributed by atoms with Gasteiger partial charge in [-0.2, -0.15) is 0 Å². The van der Waals surface area contributed by atoms with Gasteiger partial charge in [-0.25, -0.2) is 0 Å². The molecule has 3 aliphatic heterocycles. The van der Waals surface area contributed by atoms with E-state index in [0.717, 1.165) is 5.56 Å². The zero-order valence-electron chi connectivity index (χ0n) is 21.5. The minimum absolute atomic E-state index is 0.149. The van der Waals surface area contributed by atoms with Gasteiger partial charge in [0.05, 0.1) is 47.9 Å². The summed E-state index contributed by atoms with van der Waals surface area (Å²) < 4.78 is 11.9. The lowest BCUT2D eigenvalue weighted by atomic mass is 9.70. The predicted octanol–water partition coefficient (Wildman–Crippen LogP) is 3.50. The van der Waals surface area contributed by atoms with E-state index in [1.54, 1.807) is 25.1 Å². The molecule has 1 aromatic carbocycles. The van der Waals surface area contributed by atoms with Crippen molar-refractivity contribution in [2.24, 2.45) is 17.8 Å². The Balaban J connectivity index is 1.89. The normalized spacial score (nSPS) is 31.0. The molecule has 7 atom stereocenters. The number of rotatable bonds is 9. The lowest BCUT2D eigenvalue weighted by molar-refractivity contribution is -0.155. The minimum Gasteiger partial charge on any atom is -0.466 e. The number of alkyl halides is 1. The summed E-state index contributed by atoms with van der Waals surface area (Å²) in [6, 6.07) is 3.64. The molecule has 2 bridgehead atoms. The van der Waals surface area contributed by atoms with Gasteiger partial charge in [0.15, 0.2) is 0 Å². The lowest BCUT2D eigenvalue weighted by Gasteiger charge is -2.40. The highest BCUT2D eigenvalue weighted by molar-refractivity contribution is 9.09. The molecule has 3 saturated heterocycles. The van der Waals surface area contributed by atoms with Crippen molar-refractivity contribution in [3.63, 3.8) is 0 Å². The molecule has 3 aliphatic rings. The van der Waals surface area contributed by atoms with Crippen LogP contribution < -0.4 is 4.90 Å². The van der Waals surface area contributed by atoms with Crippen LogP contribution in [0.2, 0.25) is 5.02 Å². The quantitative estimate of drug-likeness (QED) is 0.266. The fourth-order valence-electron chi connectivity index (χ4n) is 6.37. The molecule has 2 amide bonds. The molecule has 0 aromatic heterocycles. The summed E-state index contributed by atoms with van der Waals surface area (Å²) in [5.74, 6) is -3.19. The number of carbonyl (C=O) groups excluding carboxylic acids is 3. The molecule has 1 N–H and O–H groups in total. The summed E-state index contributed by atoms with van der Waals surface area (Å²) in [6.45, 7) is 11.1. The molecule has 1 spiro atoms. The second-order valence-electron chi connectivity index (χ2n) is 10.3. The van der Waals surface area contributed by atoms with Crippen LogP contribution >= 0.6 is 27.5 Å². The summed E-state index contributed by atoms with van der Waals surface area (Å²) in [5, 5.41) is 10.8. The minimum atomic E-state index is -1.26. The van der Waals surface area contributed by atoms with Crippen LogP contribution in [0.5, 0.6) is 0 Å². The molecule has 4 rings (SSSR count). The smallest absolute Gasteiger partial charge is 0.312 e. The first-order chi connectivity index (χ1) is 17.5. The van der Waals surface area contributed by atoms with Crippen LogP contribution in [0.1, 0.15) is 32.8 Å². The van der Waals surface area contributed by atoms with E-state index in [9.17, 15) is 19.5 Å². The highest BCUT2D eigenvalue weighted by Gasteiger charge is 2.77. The SMILES string of the molecule is C=CCN(C(=O)[C@H]1N([C@@H](CO)C(C)C)C(=O)[C@@H]2[C@@H](C(=O)OCC)[C@@H]3O[C@@]21CC3Br)c1c(C)cccc1Cl. The van der Waals surface area contributed by atoms with Crippen LogP contribution in [0.15, 0.2) is 30.9 Å². The van der Waals surface area contributed by atoms with Gasteiger partial charge in [-0.3, -0.25) is 14.4 Å². The second kappa shape index (κ2) is 10.7. The number of aliphatic hydroxyl groups is 1. The molecule has 202 valence electrons. The fraction of sp³-hybridized carbons (Fsp3) is 0.593. The molecule has 1 unspecified atom stereocenters. The van der Waals surface area contributed by atoms with Gasteiger partial charge >= 0.3 is 5.97 Å². The van der Waals surface area contributed by atoms with Crippen molar-refractivity contribution < 1.29 is 29.0 Å². The van der Waals surface area contributed by atoms with E-state index >= 15 is 0 Å². The molecule has 37 heavy (non-hydrogen) atoms. The summed E-state index contributed by atoms with van der Waals surface area (Å²) in [4.78, 5) is 44.6. The van der Waals surface area contributed by atoms with Crippen LogP contribution in [0.3, 0.4) is 0 Å². The van der Waals surface area contributed by atoms with Crippen molar-refractivity contribution in [1.82, 2.24) is 4.90 Å². The van der Waals surface area contributed by atoms with Gasteiger partial charge in [-0.1, -0.05) is 59.6 Å². The maximum atomic E-state index is 14.6. The van der Waals surface area contributed by atoms with Crippen molar-refractivity contribution in [2.75, 3.05) is 24.7 Å². The first-order valence-corrected chi connectivity index (χ1v) is 13.9. The van der Waals surface area contributed by atoms with Crippen molar-refractivity contribution in [3.05, 3.63) is 41.4 Å². The Morgan fingerprint density at radius 3 is 2.70 bits per heavy atom. The molecule has 10 heteroatoms. The van der Waals surface area contributed by atoms with Gasteiger partial charge in [0, 0.05) is 11.4 Å². The van der Waals surface area contributed by atoms with Gasteiger partial charge < -0.3 is 24.4 Å². The van der Waals surface area contributed by atoms with Crippen LogP contribution in [-0.4, -0.2) is 76.2 Å². The number of para-hydroxylation sites is 1. The summed E-state index contributed by atoms with van der Waals surface area (Å²) in [6.07, 6.45) is 1.35. The number of ether oxygens (including phenoxy) is 2. The fourth-order valence-corrected chi connectivity index (χ4v) is 7.63. The van der Waals surface area contributed by atoms with Crippen molar-refractivity contribution in [1.29, 1.82) is 0 Å². The monoisotopic (exact) mass is 596 g/mol. The highest BCUT2D eigenvalue weighted by Crippen LogP contribution is 2.61. The van der Waals surface area contributed by atoms with Gasteiger partial charge in [-0.15, -0.1) is 6.58 Å². The molecule has 3 heterocycles. The van der Waals surface area contributed by atoms with Crippen molar-refractivity contribution in [2.45, 2.75) is 62.7 Å². The number of nitrogens with zero attached hydrogens (tertiary/aromatic N) is 2. The maximum Gasteiger partial charge on any atom is 0.312 e. The number of carbonyl (C=O) groups is 3. The maximum absolute atomic E-state index is 14.6. The van der Waals surface area contributed by atoms with Gasteiger partial charge in [0.2, 0.25) is 5.91 Å². The zero-order chi connectivity index (χ0) is 27.2. The molecule has 0 saturated carbocycles. The molecule has 3 fully saturated rings. The first-order valence-electron chi connectivity index (χ1n) is 12.6. The van der Waals surface area contributed by atoms with E-state index in [1.165, 1.54) is 9.80 Å². The number of aryl methyl sites for hydroxylation is 1. The number of benzene rings is 1. The topological polar surface area (TPSA) is 96.4 Å². The Morgan fingerprint density at radius 2 is 2.14 bits per heavy atom. The van der Waals surface area contributed by atoms with E-state index < -0.39 is 47.5 Å². The zero-order valence-corrected chi connectivity index (χ0v) is 23.9. The van der Waals surface area contributed by atoms with Crippen molar-refractivity contribution >= 4 is 51.0 Å². The average Bonchev–Trinajstić information content (AvgIpc) is 3.42. The molecule has 1 aromatic rings. The molecule has 0 radical (unpaired) electrons. The van der Waals surface area contributed by atoms with Gasteiger partial charge in [-0.05, 0) is 37.8 Å². The Kier molecular flexibility index (Phi) is 8.10. The van der Waals surface area contributed by atoms with Crippen molar-refractivity contribution in [3.8, 4) is 0 Å². The third kappa shape index (κ3) is 4.32. The molecule has 0 aliphatic carbocycles. The summed E-state index contributed by atoms with van der Waals surface area (Å²) in [7, 11) is 0. The van der Waals surface area contributed by atoms with Gasteiger partial charge in [0.1, 0.15) is 11.6 Å². The number of anilines is 1. The Bertz CT molecular complexity index is 1080. The number of halogens is 2. The van der Waals surface area contributed by atoms with Crippen LogP contribution in [0, 0.1) is 24.7 Å². The second-order valence-corrected chi connectivity index (χ2v) is 11.9. The number of hydrogen-bond acceptors (Lipinski definition) is 6. The van der Waals surface area contributed by atoms with E-state index in [4.69, 9.17) is 21.1 Å². The van der Waals surface area contributed by atoms with E-state index in [0.29, 0.717) is 17.1 Å². The molecular formula is C27H34BrClN2O6. The third-order valence-corrected chi connectivity index (χ3v) is 9.02. The van der Waals surface area contributed by atoms with Crippen LogP contribution in [0.4, 0.5) is 5.69 Å². The Morgan fingerprint density at radius 1 is 1.43 bits per heavy atom. The van der Waals surface area contributed by atoms with E-state index in [2.05, 4.69) is 22.5 Å². The standard InChI is InChI=1S/C27H34BrClN2O6/c1-6-11-30(21-15(5)9-8-10-17(21)29)25(34)23-27-12-16(28)22(37-27)19(26(35)36-7-2)20(27)24(33)31(23)18(13-32)14(3)4/h6,8-10,14,16,18-20,22-23,32H,1,7,11-13H2,2-5H3/t16?,18-,19+,20-,22+,23+,27-/m0/s1. The number of aliphatic hydroxyl groups excluding tert-OH is 1. The van der Waals surface area contributed by atoms with Gasteiger partial charge in [0.25, 0.3) is 5.91 Å². The third-order valence-electron chi connectivity index (χ3n) is 7.87. The number of likely N-dealkylation sites (tertiary alicyclic amines) is 1. The predicted molar refractivity (Wildman–Crippen MR) is 144 cm³/mol. The highest BCUT2D eigenvalue weighted by atomic mass is 79.9. The Hall–Kier alpha value is -1.94. The number of hydrogen-bond donors (Lipinski definition) is 1. The summed E-state index contributed by atoms with van der Waals surface area (Å²) >= 11 is 10.2. The number of esters is 1. The number of fused-ring (bicyclic) bond motifs is 1. The van der Waals surface area contributed by atoms with Crippen LogP contribution in [0.25, 0.3) is 0 Å². The molecule has 8 nitrogen and oxygen atoms in total. The first kappa shape index (κ1) is 28.1. The lowest BCUT2D eigenvalue weighted by Crippen LogP contribution is -2.60. The van der Waals surface area contributed by atoms with E-state index in [-0.39, 0.29) is 36.4 Å². The summed E-state index contributed by atoms with van der Waals surface area (Å²) in [5.41, 5.74) is 0.0484. The van der Waals surface area contributed by atoms with Crippen LogP contribution in [-0.2, 0) is 23.9 Å². The molecular weight excluding hydrogens is 564 g/mol. The van der Waals surface area contributed by atoms with E-state index in [1.807, 2.05) is 26.8 Å². The number of amides is 2.